The fraction of sp³-hybridized carbons (Fsp3) is 0.263. The van der Waals surface area contributed by atoms with Crippen LogP contribution in [0.3, 0.4) is 0 Å². The lowest BCUT2D eigenvalue weighted by Gasteiger charge is -2.32. The Hall–Kier alpha value is -4.52. The molecule has 0 aliphatic rings. The predicted octanol–water partition coefficient (Wildman–Crippen LogP) is 7.57. The Morgan fingerprint density at radius 3 is 1.93 bits per heavy atom. The largest absolute Gasteiger partial charge is 0.469 e. The minimum Gasteiger partial charge on any atom is -0.469 e. The molecule has 0 aliphatic carbocycles. The Morgan fingerprint density at radius 1 is 0.682 bits per heavy atom. The van der Waals surface area contributed by atoms with E-state index in [0.29, 0.717) is 31.6 Å². The van der Waals surface area contributed by atoms with Crippen molar-refractivity contribution >= 4 is 24.1 Å². The first kappa shape index (κ1) is 32.4. The fourth-order valence-electron chi connectivity index (χ4n) is 4.89. The van der Waals surface area contributed by atoms with E-state index in [1.54, 1.807) is 12.1 Å². The zero-order valence-electron chi connectivity index (χ0n) is 25.6. The van der Waals surface area contributed by atoms with Gasteiger partial charge in [0.2, 0.25) is 0 Å². The zero-order valence-corrected chi connectivity index (χ0v) is 25.6. The highest BCUT2D eigenvalue weighted by atomic mass is 16.5. The second-order valence-electron chi connectivity index (χ2n) is 10.6. The molecular weight excluding hydrogens is 550 g/mol. The van der Waals surface area contributed by atoms with E-state index in [1.807, 2.05) is 48.5 Å². The highest BCUT2D eigenvalue weighted by Crippen LogP contribution is 2.19. The number of rotatable bonds is 16. The maximum absolute atomic E-state index is 12.0. The Labute approximate surface area is 260 Å². The molecule has 0 saturated heterocycles. The van der Waals surface area contributed by atoms with Crippen LogP contribution in [0.1, 0.15) is 57.4 Å². The van der Waals surface area contributed by atoms with E-state index in [9.17, 15) is 9.59 Å². The fourth-order valence-corrected chi connectivity index (χ4v) is 4.89. The molecule has 0 heterocycles. The zero-order chi connectivity index (χ0) is 31.0. The molecule has 4 aromatic rings. The van der Waals surface area contributed by atoms with Crippen molar-refractivity contribution in [2.24, 2.45) is 0 Å². The summed E-state index contributed by atoms with van der Waals surface area (Å²) >= 11 is 0. The lowest BCUT2D eigenvalue weighted by Crippen LogP contribution is -2.39. The van der Waals surface area contributed by atoms with E-state index in [0.717, 1.165) is 41.6 Å². The van der Waals surface area contributed by atoms with Gasteiger partial charge in [0.05, 0.1) is 26.4 Å². The van der Waals surface area contributed by atoms with Crippen LogP contribution in [-0.2, 0) is 38.6 Å². The highest BCUT2D eigenvalue weighted by Gasteiger charge is 2.21. The smallest absolute Gasteiger partial charge is 0.337 e. The van der Waals surface area contributed by atoms with Gasteiger partial charge in [0, 0.05) is 25.9 Å². The van der Waals surface area contributed by atoms with Crippen LogP contribution in [0.4, 0.5) is 0 Å². The van der Waals surface area contributed by atoms with E-state index in [4.69, 9.17) is 14.2 Å². The van der Waals surface area contributed by atoms with Crippen LogP contribution in [0, 0.1) is 0 Å². The van der Waals surface area contributed by atoms with Crippen LogP contribution in [0.2, 0.25) is 0 Å². The summed E-state index contributed by atoms with van der Waals surface area (Å²) < 4.78 is 16.4. The molecule has 4 aromatic carbocycles. The van der Waals surface area contributed by atoms with Gasteiger partial charge in [-0.2, -0.15) is 0 Å². The molecule has 0 N–H and O–H groups in total. The number of ether oxygens (including phenoxy) is 3. The van der Waals surface area contributed by atoms with Crippen molar-refractivity contribution in [3.63, 3.8) is 0 Å². The molecule has 1 atom stereocenters. The second kappa shape index (κ2) is 17.6. The number of benzene rings is 4. The molecular formula is C38H41NO5. The highest BCUT2D eigenvalue weighted by molar-refractivity contribution is 5.89. The SMILES string of the molecule is COC(=O)CCCCN(Cc1ccc(C(=O)OC)cc1)C(Cc1ccccc1)OCc1ccc(C=Cc2ccccc2)cc1. The predicted molar refractivity (Wildman–Crippen MR) is 175 cm³/mol. The lowest BCUT2D eigenvalue weighted by molar-refractivity contribution is -0.140. The molecule has 228 valence electrons. The molecule has 0 fully saturated rings. The third kappa shape index (κ3) is 10.6. The first-order chi connectivity index (χ1) is 21.5. The quantitative estimate of drug-likeness (QED) is 0.0580. The van der Waals surface area contributed by atoms with Crippen molar-refractivity contribution in [3.8, 4) is 0 Å². The normalized spacial score (nSPS) is 11.9. The molecule has 6 nitrogen and oxygen atoms in total. The van der Waals surface area contributed by atoms with Crippen molar-refractivity contribution in [2.45, 2.75) is 45.1 Å². The average molecular weight is 592 g/mol. The van der Waals surface area contributed by atoms with Gasteiger partial charge in [0.15, 0.2) is 0 Å². The maximum atomic E-state index is 12.0. The molecule has 44 heavy (non-hydrogen) atoms. The Balaban J connectivity index is 1.49. The van der Waals surface area contributed by atoms with Gasteiger partial charge in [-0.05, 0) is 52.8 Å². The van der Waals surface area contributed by atoms with E-state index >= 15 is 0 Å². The molecule has 0 bridgehead atoms. The number of esters is 2. The van der Waals surface area contributed by atoms with Crippen molar-refractivity contribution in [1.29, 1.82) is 0 Å². The van der Waals surface area contributed by atoms with Crippen molar-refractivity contribution in [1.82, 2.24) is 4.90 Å². The van der Waals surface area contributed by atoms with E-state index in [1.165, 1.54) is 19.8 Å². The summed E-state index contributed by atoms with van der Waals surface area (Å²) in [6, 6.07) is 36.5. The van der Waals surface area contributed by atoms with Crippen molar-refractivity contribution in [3.05, 3.63) is 143 Å². The summed E-state index contributed by atoms with van der Waals surface area (Å²) in [5, 5.41) is 0. The van der Waals surface area contributed by atoms with Gasteiger partial charge in [-0.3, -0.25) is 9.69 Å². The summed E-state index contributed by atoms with van der Waals surface area (Å²) in [5.41, 5.74) is 6.13. The van der Waals surface area contributed by atoms with Crippen LogP contribution in [-0.4, -0.2) is 43.8 Å². The van der Waals surface area contributed by atoms with Gasteiger partial charge in [0.1, 0.15) is 6.23 Å². The third-order valence-electron chi connectivity index (χ3n) is 7.41. The molecule has 0 amide bonds. The van der Waals surface area contributed by atoms with E-state index in [2.05, 4.69) is 65.6 Å². The molecule has 6 heteroatoms. The number of nitrogens with zero attached hydrogens (tertiary/aromatic N) is 1. The van der Waals surface area contributed by atoms with Crippen LogP contribution in [0.5, 0.6) is 0 Å². The monoisotopic (exact) mass is 591 g/mol. The standard InChI is InChI=1S/C38H41NO5/c1-42-37(40)15-9-10-26-39(28-33-22-24-35(25-23-33)38(41)43-2)36(27-32-13-7-4-8-14-32)44-29-34-20-18-31(19-21-34)17-16-30-11-5-3-6-12-30/h3-8,11-14,16-25,36H,9-10,15,26-29H2,1-2H3. The topological polar surface area (TPSA) is 65.1 Å². The summed E-state index contributed by atoms with van der Waals surface area (Å²) in [5.74, 6) is -0.558. The Bertz CT molecular complexity index is 1450. The number of hydrogen-bond donors (Lipinski definition) is 0. The Morgan fingerprint density at radius 2 is 1.30 bits per heavy atom. The van der Waals surface area contributed by atoms with Crippen LogP contribution < -0.4 is 0 Å². The number of carbonyl (C=O) groups excluding carboxylic acids is 2. The van der Waals surface area contributed by atoms with Crippen molar-refractivity contribution < 1.29 is 23.8 Å². The number of unbranched alkanes of at least 4 members (excludes halogenated alkanes) is 1. The second-order valence-corrected chi connectivity index (χ2v) is 10.6. The van der Waals surface area contributed by atoms with Gasteiger partial charge in [-0.25, -0.2) is 4.79 Å². The average Bonchev–Trinajstić information content (AvgIpc) is 3.08. The first-order valence-electron chi connectivity index (χ1n) is 15.0. The lowest BCUT2D eigenvalue weighted by atomic mass is 10.1. The molecule has 1 unspecified atom stereocenters. The van der Waals surface area contributed by atoms with Crippen molar-refractivity contribution in [2.75, 3.05) is 20.8 Å². The summed E-state index contributed by atoms with van der Waals surface area (Å²) in [6.07, 6.45) is 6.63. The van der Waals surface area contributed by atoms with Gasteiger partial charge < -0.3 is 14.2 Å². The van der Waals surface area contributed by atoms with Gasteiger partial charge in [0.25, 0.3) is 0 Å². The number of methoxy groups -OCH3 is 2. The molecule has 0 spiro atoms. The van der Waals surface area contributed by atoms with Gasteiger partial charge in [-0.1, -0.05) is 109 Å². The minimum atomic E-state index is -0.358. The third-order valence-corrected chi connectivity index (χ3v) is 7.41. The van der Waals surface area contributed by atoms with Crippen LogP contribution in [0.15, 0.2) is 109 Å². The summed E-state index contributed by atoms with van der Waals surface area (Å²) in [7, 11) is 2.80. The van der Waals surface area contributed by atoms with E-state index < -0.39 is 0 Å². The molecule has 0 aliphatic heterocycles. The number of hydrogen-bond acceptors (Lipinski definition) is 6. The molecule has 0 saturated carbocycles. The maximum Gasteiger partial charge on any atom is 0.337 e. The van der Waals surface area contributed by atoms with Crippen LogP contribution in [0.25, 0.3) is 12.2 Å². The Kier molecular flexibility index (Phi) is 12.9. The minimum absolute atomic E-state index is 0.200. The van der Waals surface area contributed by atoms with Gasteiger partial charge in [-0.15, -0.1) is 0 Å². The summed E-state index contributed by atoms with van der Waals surface area (Å²) in [6.45, 7) is 1.82. The molecule has 0 aromatic heterocycles. The molecule has 0 radical (unpaired) electrons. The van der Waals surface area contributed by atoms with Gasteiger partial charge >= 0.3 is 11.9 Å². The van der Waals surface area contributed by atoms with E-state index in [-0.39, 0.29) is 18.2 Å². The van der Waals surface area contributed by atoms with Crippen LogP contribution >= 0.6 is 0 Å². The number of carbonyl (C=O) groups is 2. The summed E-state index contributed by atoms with van der Waals surface area (Å²) in [4.78, 5) is 26.0. The molecule has 4 rings (SSSR count). The first-order valence-corrected chi connectivity index (χ1v) is 15.0.